The molecule has 3 fully saturated rings. The van der Waals surface area contributed by atoms with E-state index in [2.05, 4.69) is 39.1 Å². The highest BCUT2D eigenvalue weighted by Gasteiger charge is 2.64. The first kappa shape index (κ1) is 31.2. The van der Waals surface area contributed by atoms with Gasteiger partial charge in [-0.2, -0.15) is 5.26 Å². The number of allylic oxidation sites excluding steroid dienone is 4. The van der Waals surface area contributed by atoms with Crippen LogP contribution in [0.1, 0.15) is 92.6 Å². The van der Waals surface area contributed by atoms with Crippen molar-refractivity contribution in [3.05, 3.63) is 59.2 Å². The number of Topliss-reactive ketones (excluding diaryl/α,β-unsaturated/α-hetero) is 1. The van der Waals surface area contributed by atoms with Gasteiger partial charge < -0.3 is 10.1 Å². The summed E-state index contributed by atoms with van der Waals surface area (Å²) < 4.78 is 5.70. The Hall–Kier alpha value is -3.20. The molecular weight excluding hydrogens is 536 g/mol. The van der Waals surface area contributed by atoms with E-state index in [1.807, 2.05) is 49.4 Å². The number of rotatable bonds is 3. The maximum atomic E-state index is 14.4. The van der Waals surface area contributed by atoms with Crippen LogP contribution in [0.25, 0.3) is 0 Å². The third-order valence-corrected chi connectivity index (χ3v) is 12.3. The van der Waals surface area contributed by atoms with Crippen LogP contribution in [0.5, 0.6) is 0 Å². The Kier molecular flexibility index (Phi) is 7.81. The molecule has 6 rings (SSSR count). The van der Waals surface area contributed by atoms with Gasteiger partial charge in [0.15, 0.2) is 11.6 Å². The third-order valence-electron chi connectivity index (χ3n) is 12.3. The van der Waals surface area contributed by atoms with Crippen molar-refractivity contribution in [3.8, 4) is 6.07 Å². The molecule has 0 heterocycles. The van der Waals surface area contributed by atoms with Crippen LogP contribution >= 0.6 is 0 Å². The summed E-state index contributed by atoms with van der Waals surface area (Å²) in [7, 11) is 0. The molecule has 0 aromatic heterocycles. The molecule has 8 atom stereocenters. The minimum atomic E-state index is -0.494. The molecular formula is C37H48N2O4. The Bertz CT molecular complexity index is 1420. The number of nitrogens with one attached hydrogen (secondary N) is 1. The standard InChI is InChI=1S/C36H44N2O4.CH4/c1-22-25-11-13-34(4)26-12-14-36(38-32(41)42-21-23-9-7-6-8-10-23)16-15-33(2,3)19-27(36)30(26)28(39)17-29(34)35(25,5)18-24(20-37)31(22)40;/h6-10,17-18,22,25-27,30H,11-16,19,21H2,1-5H3,(H,38,41);1H4. The molecule has 1 N–H and O–H groups in total. The number of fused-ring (bicyclic) bond motifs is 7. The summed E-state index contributed by atoms with van der Waals surface area (Å²) in [5, 5.41) is 13.1. The van der Waals surface area contributed by atoms with Crippen molar-refractivity contribution in [3.63, 3.8) is 0 Å². The quantitative estimate of drug-likeness (QED) is 0.392. The second-order valence-electron chi connectivity index (χ2n) is 15.1. The maximum absolute atomic E-state index is 14.4. The molecule has 6 nitrogen and oxygen atoms in total. The molecule has 6 heteroatoms. The molecule has 5 aliphatic carbocycles. The molecule has 0 aliphatic heterocycles. The van der Waals surface area contributed by atoms with Crippen LogP contribution < -0.4 is 5.32 Å². The van der Waals surface area contributed by atoms with Gasteiger partial charge in [0.05, 0.1) is 5.57 Å². The zero-order valence-electron chi connectivity index (χ0n) is 25.7. The average molecular weight is 585 g/mol. The summed E-state index contributed by atoms with van der Waals surface area (Å²) in [6.45, 7) is 11.2. The predicted octanol–water partition coefficient (Wildman–Crippen LogP) is 7.74. The van der Waals surface area contributed by atoms with Gasteiger partial charge in [-0.25, -0.2) is 4.79 Å². The highest BCUT2D eigenvalue weighted by Crippen LogP contribution is 2.68. The van der Waals surface area contributed by atoms with Crippen molar-refractivity contribution in [2.45, 2.75) is 99.1 Å². The zero-order valence-corrected chi connectivity index (χ0v) is 25.7. The van der Waals surface area contributed by atoms with Crippen molar-refractivity contribution in [1.29, 1.82) is 5.26 Å². The van der Waals surface area contributed by atoms with Gasteiger partial charge in [-0.3, -0.25) is 9.59 Å². The first-order chi connectivity index (χ1) is 19.8. The van der Waals surface area contributed by atoms with E-state index in [4.69, 9.17) is 4.74 Å². The molecule has 5 aliphatic rings. The van der Waals surface area contributed by atoms with Crippen molar-refractivity contribution in [2.24, 2.45) is 45.8 Å². The largest absolute Gasteiger partial charge is 0.445 e. The fourth-order valence-electron chi connectivity index (χ4n) is 10.1. The summed E-state index contributed by atoms with van der Waals surface area (Å²) in [6.07, 6.45) is 9.58. The number of hydrogen-bond acceptors (Lipinski definition) is 5. The minimum Gasteiger partial charge on any atom is -0.445 e. The predicted molar refractivity (Wildman–Crippen MR) is 166 cm³/mol. The van der Waals surface area contributed by atoms with Gasteiger partial charge in [0.1, 0.15) is 12.7 Å². The number of nitriles is 1. The van der Waals surface area contributed by atoms with Gasteiger partial charge in [-0.15, -0.1) is 0 Å². The Morgan fingerprint density at radius 3 is 2.40 bits per heavy atom. The second-order valence-corrected chi connectivity index (χ2v) is 15.1. The Morgan fingerprint density at radius 1 is 1.00 bits per heavy atom. The summed E-state index contributed by atoms with van der Waals surface area (Å²) in [4.78, 5) is 40.6. The number of ketones is 2. The molecule has 1 aromatic carbocycles. The summed E-state index contributed by atoms with van der Waals surface area (Å²) in [5.41, 5.74) is 1.19. The van der Waals surface area contributed by atoms with E-state index in [0.29, 0.717) is 0 Å². The first-order valence-corrected chi connectivity index (χ1v) is 15.8. The monoisotopic (exact) mass is 584 g/mol. The lowest BCUT2D eigenvalue weighted by Gasteiger charge is -2.64. The lowest BCUT2D eigenvalue weighted by molar-refractivity contribution is -0.139. The molecule has 3 saturated carbocycles. The summed E-state index contributed by atoms with van der Waals surface area (Å²) in [5.74, 6) is -0.0693. The van der Waals surface area contributed by atoms with E-state index in [9.17, 15) is 19.6 Å². The van der Waals surface area contributed by atoms with Crippen LogP contribution in [0.15, 0.2) is 53.6 Å². The number of ether oxygens (including phenoxy) is 1. The van der Waals surface area contributed by atoms with Gasteiger partial charge in [0.25, 0.3) is 0 Å². The van der Waals surface area contributed by atoms with Crippen LogP contribution in [0, 0.1) is 57.2 Å². The minimum absolute atomic E-state index is 0. The second kappa shape index (κ2) is 10.8. The third kappa shape index (κ3) is 4.88. The molecule has 0 saturated heterocycles. The molecule has 0 spiro atoms. The van der Waals surface area contributed by atoms with Crippen LogP contribution in [0.3, 0.4) is 0 Å². The molecule has 1 aromatic rings. The average Bonchev–Trinajstić information content (AvgIpc) is 2.95. The van der Waals surface area contributed by atoms with E-state index in [1.165, 1.54) is 0 Å². The van der Waals surface area contributed by atoms with Crippen molar-refractivity contribution in [1.82, 2.24) is 5.32 Å². The number of amides is 1. The van der Waals surface area contributed by atoms with E-state index >= 15 is 0 Å². The van der Waals surface area contributed by atoms with Crippen LogP contribution in [-0.4, -0.2) is 23.2 Å². The van der Waals surface area contributed by atoms with Gasteiger partial charge in [0.2, 0.25) is 0 Å². The lowest BCUT2D eigenvalue weighted by Crippen LogP contribution is -2.66. The first-order valence-electron chi connectivity index (χ1n) is 15.8. The fourth-order valence-corrected chi connectivity index (χ4v) is 10.1. The molecule has 43 heavy (non-hydrogen) atoms. The number of benzene rings is 1. The smallest absolute Gasteiger partial charge is 0.407 e. The number of alkyl carbamates (subject to hydrolysis) is 1. The number of carbonyl (C=O) groups is 3. The molecule has 0 bridgehead atoms. The molecule has 1 amide bonds. The van der Waals surface area contributed by atoms with Crippen molar-refractivity contribution in [2.75, 3.05) is 0 Å². The SMILES string of the molecule is C.CC1C(=O)C(C#N)=CC2(C)C3=CC(=O)C4C5CC(C)(C)CCC5(NC(=O)OCc5ccccc5)CCC4C3(C)CCC12. The van der Waals surface area contributed by atoms with Gasteiger partial charge in [-0.1, -0.05) is 84.0 Å². The summed E-state index contributed by atoms with van der Waals surface area (Å²) in [6, 6.07) is 11.9. The van der Waals surface area contributed by atoms with Crippen molar-refractivity contribution >= 4 is 17.7 Å². The Morgan fingerprint density at radius 2 is 1.70 bits per heavy atom. The normalized spacial score (nSPS) is 39.2. The van der Waals surface area contributed by atoms with E-state index in [0.717, 1.165) is 56.1 Å². The molecule has 230 valence electrons. The van der Waals surface area contributed by atoms with Gasteiger partial charge in [-0.05, 0) is 85.2 Å². The highest BCUT2D eigenvalue weighted by molar-refractivity contribution is 6.02. The molecule has 0 radical (unpaired) electrons. The van der Waals surface area contributed by atoms with Crippen LogP contribution in [0.4, 0.5) is 4.79 Å². The van der Waals surface area contributed by atoms with Gasteiger partial charge >= 0.3 is 6.09 Å². The van der Waals surface area contributed by atoms with Crippen molar-refractivity contribution < 1.29 is 19.1 Å². The number of nitrogens with zero attached hydrogens (tertiary/aromatic N) is 1. The lowest BCUT2D eigenvalue weighted by atomic mass is 9.40. The van der Waals surface area contributed by atoms with E-state index in [-0.39, 0.29) is 71.6 Å². The summed E-state index contributed by atoms with van der Waals surface area (Å²) >= 11 is 0. The van der Waals surface area contributed by atoms with E-state index in [1.54, 1.807) is 0 Å². The zero-order chi connectivity index (χ0) is 30.1. The highest BCUT2D eigenvalue weighted by atomic mass is 16.5. The van der Waals surface area contributed by atoms with Gasteiger partial charge in [0, 0.05) is 22.8 Å². The topological polar surface area (TPSA) is 96.3 Å². The number of hydrogen-bond donors (Lipinski definition) is 1. The maximum Gasteiger partial charge on any atom is 0.407 e. The van der Waals surface area contributed by atoms with E-state index < -0.39 is 17.0 Å². The number of carbonyl (C=O) groups excluding carboxylic acids is 3. The van der Waals surface area contributed by atoms with Crippen LogP contribution in [0.2, 0.25) is 0 Å². The Labute approximate surface area is 257 Å². The Balaban J connectivity index is 0.00000368. The molecule has 8 unspecified atom stereocenters. The van der Waals surface area contributed by atoms with Crippen LogP contribution in [-0.2, 0) is 20.9 Å². The fraction of sp³-hybridized carbons (Fsp3) is 0.622.